The summed E-state index contributed by atoms with van der Waals surface area (Å²) in [7, 11) is 1.51. The van der Waals surface area contributed by atoms with Crippen LogP contribution >= 0.6 is 0 Å². The van der Waals surface area contributed by atoms with Gasteiger partial charge in [0.05, 0.1) is 17.8 Å². The molecule has 6 heteroatoms. The number of ether oxygens (including phenoxy) is 3. The number of methoxy groups -OCH3 is 1. The summed E-state index contributed by atoms with van der Waals surface area (Å²) in [4.78, 5) is 0. The number of hydrogen-bond acceptors (Lipinski definition) is 6. The summed E-state index contributed by atoms with van der Waals surface area (Å²) in [5, 5.41) is 33.6. The van der Waals surface area contributed by atoms with E-state index in [2.05, 4.69) is 44.2 Å². The quantitative estimate of drug-likeness (QED) is 0.487. The zero-order valence-corrected chi connectivity index (χ0v) is 23.6. The molecule has 6 rings (SSSR count). The van der Waals surface area contributed by atoms with Crippen LogP contribution in [-0.2, 0) is 14.2 Å². The second-order valence-electron chi connectivity index (χ2n) is 13.8. The summed E-state index contributed by atoms with van der Waals surface area (Å²) in [6, 6.07) is 10.9. The zero-order valence-electron chi connectivity index (χ0n) is 23.6. The van der Waals surface area contributed by atoms with Crippen LogP contribution in [0, 0.1) is 28.6 Å². The first-order valence-corrected chi connectivity index (χ1v) is 15.1. The molecule has 5 fully saturated rings. The lowest BCUT2D eigenvalue weighted by atomic mass is 9.43. The fourth-order valence-corrected chi connectivity index (χ4v) is 10.1. The van der Waals surface area contributed by atoms with E-state index in [0.29, 0.717) is 23.7 Å². The lowest BCUT2D eigenvalue weighted by Gasteiger charge is -2.64. The third-order valence-corrected chi connectivity index (χ3v) is 12.4. The molecule has 1 saturated heterocycles. The van der Waals surface area contributed by atoms with Crippen LogP contribution in [0.15, 0.2) is 30.3 Å². The van der Waals surface area contributed by atoms with Crippen LogP contribution in [0.25, 0.3) is 0 Å². The van der Waals surface area contributed by atoms with E-state index in [1.807, 2.05) is 0 Å². The molecule has 4 aliphatic carbocycles. The number of hydrogen-bond donors (Lipinski definition) is 3. The van der Waals surface area contributed by atoms with E-state index in [0.717, 1.165) is 51.4 Å². The largest absolute Gasteiger partial charge is 0.389 e. The average Bonchev–Trinajstić information content (AvgIpc) is 3.19. The standard InChI is InChI=1S/C32H48O6/c1-19-26(33)28(36-4)27(34)29(37-19)38-22-12-15-30(2)21(18-22)10-11-25-24(30)13-16-31(3)23(14-17-32(25,31)35)20-8-6-5-7-9-20/h5-9,19,21-29,33-35H,10-18H2,1-4H3/t19-,21?,22?,23?,24-,25-,26-,27-,28+,29+,30+,31-,32-/m1/s1. The molecule has 0 radical (unpaired) electrons. The predicted octanol–water partition coefficient (Wildman–Crippen LogP) is 4.79. The Hall–Kier alpha value is -1.02. The molecule has 0 aromatic heterocycles. The fourth-order valence-electron chi connectivity index (χ4n) is 10.1. The van der Waals surface area contributed by atoms with Gasteiger partial charge in [-0.25, -0.2) is 0 Å². The normalized spacial score (nSPS) is 52.6. The van der Waals surface area contributed by atoms with Crippen molar-refractivity contribution in [3.8, 4) is 0 Å². The van der Waals surface area contributed by atoms with Crippen molar-refractivity contribution in [3.05, 3.63) is 35.9 Å². The molecule has 1 aromatic rings. The van der Waals surface area contributed by atoms with Gasteiger partial charge in [0, 0.05) is 12.5 Å². The molecule has 1 aliphatic heterocycles. The minimum Gasteiger partial charge on any atom is -0.389 e. The van der Waals surface area contributed by atoms with E-state index < -0.39 is 36.3 Å². The maximum absolute atomic E-state index is 12.5. The summed E-state index contributed by atoms with van der Waals surface area (Å²) in [6.45, 7) is 6.67. The maximum Gasteiger partial charge on any atom is 0.186 e. The molecule has 3 N–H and O–H groups in total. The summed E-state index contributed by atoms with van der Waals surface area (Å²) in [6.07, 6.45) is 5.64. The minimum absolute atomic E-state index is 0.0232. The predicted molar refractivity (Wildman–Crippen MR) is 144 cm³/mol. The summed E-state index contributed by atoms with van der Waals surface area (Å²) >= 11 is 0. The summed E-state index contributed by atoms with van der Waals surface area (Å²) in [5.74, 6) is 1.88. The molecule has 0 amide bonds. The van der Waals surface area contributed by atoms with Crippen molar-refractivity contribution in [2.75, 3.05) is 7.11 Å². The molecule has 212 valence electrons. The van der Waals surface area contributed by atoms with Crippen LogP contribution in [0.3, 0.4) is 0 Å². The van der Waals surface area contributed by atoms with E-state index in [1.54, 1.807) is 6.92 Å². The molecule has 1 heterocycles. The Morgan fingerprint density at radius 2 is 1.66 bits per heavy atom. The molecule has 0 bridgehead atoms. The van der Waals surface area contributed by atoms with E-state index >= 15 is 0 Å². The van der Waals surface area contributed by atoms with Crippen molar-refractivity contribution in [2.24, 2.45) is 28.6 Å². The first-order valence-electron chi connectivity index (χ1n) is 15.1. The first kappa shape index (κ1) is 27.2. The van der Waals surface area contributed by atoms with Gasteiger partial charge in [-0.15, -0.1) is 0 Å². The molecule has 1 aromatic carbocycles. The van der Waals surface area contributed by atoms with E-state index in [4.69, 9.17) is 14.2 Å². The second kappa shape index (κ2) is 9.81. The number of aliphatic hydroxyl groups is 3. The lowest BCUT2D eigenvalue weighted by molar-refractivity contribution is -0.313. The highest BCUT2D eigenvalue weighted by Crippen LogP contribution is 2.70. The van der Waals surface area contributed by atoms with Crippen LogP contribution in [0.4, 0.5) is 0 Å². The third-order valence-electron chi connectivity index (χ3n) is 12.4. The molecule has 38 heavy (non-hydrogen) atoms. The van der Waals surface area contributed by atoms with E-state index in [-0.39, 0.29) is 16.9 Å². The van der Waals surface area contributed by atoms with Gasteiger partial charge < -0.3 is 29.5 Å². The SMILES string of the molecule is CO[C@@H]1[C@@H](O)[C@H](OC2CC[C@@]3(C)C(CC[C@@H]4[C@H]3CC[C@]3(C)C(c5ccccc5)CC[C@@]43O)C2)O[C@H](C)[C@H]1O. The second-order valence-corrected chi connectivity index (χ2v) is 13.8. The van der Waals surface area contributed by atoms with Crippen molar-refractivity contribution >= 4 is 0 Å². The first-order chi connectivity index (χ1) is 18.1. The zero-order chi connectivity index (χ0) is 26.9. The minimum atomic E-state index is -1.01. The number of aliphatic hydroxyl groups excluding tert-OH is 2. The number of benzene rings is 1. The van der Waals surface area contributed by atoms with Gasteiger partial charge in [-0.05, 0) is 99.4 Å². The Kier molecular flexibility index (Phi) is 7.02. The highest BCUT2D eigenvalue weighted by Gasteiger charge is 2.67. The smallest absolute Gasteiger partial charge is 0.186 e. The van der Waals surface area contributed by atoms with Crippen molar-refractivity contribution in [1.29, 1.82) is 0 Å². The molecule has 4 saturated carbocycles. The van der Waals surface area contributed by atoms with Gasteiger partial charge >= 0.3 is 0 Å². The summed E-state index contributed by atoms with van der Waals surface area (Å²) < 4.78 is 17.6. The van der Waals surface area contributed by atoms with Gasteiger partial charge in [0.2, 0.25) is 0 Å². The van der Waals surface area contributed by atoms with Crippen molar-refractivity contribution < 1.29 is 29.5 Å². The molecule has 5 aliphatic rings. The van der Waals surface area contributed by atoms with Gasteiger partial charge in [-0.1, -0.05) is 44.2 Å². The highest BCUT2D eigenvalue weighted by molar-refractivity contribution is 5.29. The Balaban J connectivity index is 1.16. The van der Waals surface area contributed by atoms with Crippen LogP contribution in [0.1, 0.15) is 90.0 Å². The van der Waals surface area contributed by atoms with Crippen LogP contribution in [0.5, 0.6) is 0 Å². The van der Waals surface area contributed by atoms with Gasteiger partial charge in [0.1, 0.15) is 18.3 Å². The number of rotatable bonds is 4. The van der Waals surface area contributed by atoms with E-state index in [1.165, 1.54) is 19.1 Å². The molecular weight excluding hydrogens is 480 g/mol. The fraction of sp³-hybridized carbons (Fsp3) is 0.812. The molecule has 13 atom stereocenters. The Morgan fingerprint density at radius 1 is 0.895 bits per heavy atom. The van der Waals surface area contributed by atoms with Crippen molar-refractivity contribution in [3.63, 3.8) is 0 Å². The van der Waals surface area contributed by atoms with Gasteiger partial charge in [-0.2, -0.15) is 0 Å². The lowest BCUT2D eigenvalue weighted by Crippen LogP contribution is -2.62. The van der Waals surface area contributed by atoms with Gasteiger partial charge in [0.15, 0.2) is 6.29 Å². The van der Waals surface area contributed by atoms with Crippen LogP contribution in [-0.4, -0.2) is 64.8 Å². The van der Waals surface area contributed by atoms with Crippen molar-refractivity contribution in [2.45, 2.75) is 127 Å². The maximum atomic E-state index is 12.5. The Labute approximate surface area is 228 Å². The monoisotopic (exact) mass is 528 g/mol. The molecule has 0 spiro atoms. The van der Waals surface area contributed by atoms with Crippen LogP contribution < -0.4 is 0 Å². The topological polar surface area (TPSA) is 88.4 Å². The van der Waals surface area contributed by atoms with Gasteiger partial charge in [-0.3, -0.25) is 0 Å². The van der Waals surface area contributed by atoms with Crippen molar-refractivity contribution in [1.82, 2.24) is 0 Å². The molecular formula is C32H48O6. The van der Waals surface area contributed by atoms with Gasteiger partial charge in [0.25, 0.3) is 0 Å². The Bertz CT molecular complexity index is 987. The summed E-state index contributed by atoms with van der Waals surface area (Å²) in [5.41, 5.74) is 0.942. The number of fused-ring (bicyclic) bond motifs is 5. The molecule has 6 nitrogen and oxygen atoms in total. The Morgan fingerprint density at radius 3 is 2.39 bits per heavy atom. The van der Waals surface area contributed by atoms with E-state index in [9.17, 15) is 15.3 Å². The molecule has 3 unspecified atom stereocenters. The highest BCUT2D eigenvalue weighted by atomic mass is 16.7. The van der Waals surface area contributed by atoms with Crippen LogP contribution in [0.2, 0.25) is 0 Å². The average molecular weight is 529 g/mol. The third kappa shape index (κ3) is 3.96.